The van der Waals surface area contributed by atoms with E-state index in [1.807, 2.05) is 0 Å². The van der Waals surface area contributed by atoms with Crippen molar-refractivity contribution in [3.05, 3.63) is 91.0 Å². The first-order valence-corrected chi connectivity index (χ1v) is 10.8. The third kappa shape index (κ3) is 5.35. The first-order chi connectivity index (χ1) is 13.1. The lowest BCUT2D eigenvalue weighted by atomic mass is 10.4. The van der Waals surface area contributed by atoms with Crippen LogP contribution < -0.4 is 21.2 Å². The van der Waals surface area contributed by atoms with E-state index in [2.05, 4.69) is 112 Å². The standard InChI is InChI=1S/C18H15P.C4H4BrNO2/c1-4-10-16(11-5-1)19(17-12-6-2-7-13-17)18-14-8-3-9-15-18;5-2-1-3(7)6-4(2)8/h1-15H;2H,1H2,(H,6,7,8). The molecule has 1 unspecified atom stereocenters. The third-order valence-corrected chi connectivity index (χ3v) is 7.14. The van der Waals surface area contributed by atoms with E-state index < -0.39 is 7.92 Å². The van der Waals surface area contributed by atoms with Crippen LogP contribution in [-0.4, -0.2) is 16.6 Å². The van der Waals surface area contributed by atoms with Crippen molar-refractivity contribution >= 4 is 51.6 Å². The van der Waals surface area contributed by atoms with Gasteiger partial charge in [0.25, 0.3) is 0 Å². The van der Waals surface area contributed by atoms with Crippen LogP contribution in [0, 0.1) is 0 Å². The predicted molar refractivity (Wildman–Crippen MR) is 116 cm³/mol. The van der Waals surface area contributed by atoms with Crippen molar-refractivity contribution in [1.29, 1.82) is 0 Å². The van der Waals surface area contributed by atoms with Gasteiger partial charge in [-0.15, -0.1) is 0 Å². The first kappa shape index (κ1) is 19.5. The van der Waals surface area contributed by atoms with Crippen molar-refractivity contribution in [3.8, 4) is 0 Å². The molecule has 2 amide bonds. The van der Waals surface area contributed by atoms with Crippen LogP contribution in [0.2, 0.25) is 0 Å². The molecule has 1 atom stereocenters. The Balaban J connectivity index is 0.000000221. The van der Waals surface area contributed by atoms with Crippen LogP contribution in [0.4, 0.5) is 0 Å². The maximum atomic E-state index is 10.4. The number of carbonyl (C=O) groups excluding carboxylic acids is 2. The molecule has 1 aliphatic rings. The minimum absolute atomic E-state index is 0.197. The highest BCUT2D eigenvalue weighted by atomic mass is 79.9. The summed E-state index contributed by atoms with van der Waals surface area (Å²) in [5.41, 5.74) is 0. The molecular weight excluding hydrogens is 421 g/mol. The quantitative estimate of drug-likeness (QED) is 0.386. The largest absolute Gasteiger partial charge is 0.295 e. The number of hydrogen-bond donors (Lipinski definition) is 1. The van der Waals surface area contributed by atoms with Crippen LogP contribution in [0.1, 0.15) is 6.42 Å². The van der Waals surface area contributed by atoms with E-state index >= 15 is 0 Å². The topological polar surface area (TPSA) is 46.2 Å². The second-order valence-electron chi connectivity index (χ2n) is 5.93. The van der Waals surface area contributed by atoms with E-state index in [0.29, 0.717) is 0 Å². The molecule has 0 bridgehead atoms. The van der Waals surface area contributed by atoms with Gasteiger partial charge in [0.15, 0.2) is 0 Å². The van der Waals surface area contributed by atoms with E-state index in [-0.39, 0.29) is 23.1 Å². The van der Waals surface area contributed by atoms with Gasteiger partial charge in [-0.2, -0.15) is 0 Å². The summed E-state index contributed by atoms with van der Waals surface area (Å²) in [5.74, 6) is -0.424. The Bertz CT molecular complexity index is 794. The molecule has 0 radical (unpaired) electrons. The van der Waals surface area contributed by atoms with Crippen LogP contribution in [0.15, 0.2) is 91.0 Å². The lowest BCUT2D eigenvalue weighted by Crippen LogP contribution is -2.21. The Morgan fingerprint density at radius 1 is 0.704 bits per heavy atom. The molecule has 3 nitrogen and oxygen atoms in total. The second-order valence-corrected chi connectivity index (χ2v) is 9.25. The molecule has 5 heteroatoms. The zero-order chi connectivity index (χ0) is 19.1. The molecule has 1 fully saturated rings. The van der Waals surface area contributed by atoms with Crippen LogP contribution >= 0.6 is 23.9 Å². The van der Waals surface area contributed by atoms with E-state index in [4.69, 9.17) is 0 Å². The van der Waals surface area contributed by atoms with E-state index in [1.54, 1.807) is 0 Å². The Labute approximate surface area is 168 Å². The minimum Gasteiger partial charge on any atom is -0.295 e. The van der Waals surface area contributed by atoms with Crippen molar-refractivity contribution in [2.75, 3.05) is 0 Å². The van der Waals surface area contributed by atoms with Gasteiger partial charge in [0.1, 0.15) is 4.83 Å². The summed E-state index contributed by atoms with van der Waals surface area (Å²) in [5, 5.41) is 6.34. The lowest BCUT2D eigenvalue weighted by Gasteiger charge is -2.18. The molecule has 1 aliphatic heterocycles. The molecule has 1 heterocycles. The summed E-state index contributed by atoms with van der Waals surface area (Å²) < 4.78 is 0. The highest BCUT2D eigenvalue weighted by molar-refractivity contribution is 9.10. The Morgan fingerprint density at radius 2 is 1.07 bits per heavy atom. The molecule has 0 aromatic heterocycles. The van der Waals surface area contributed by atoms with E-state index in [0.717, 1.165) is 0 Å². The Kier molecular flexibility index (Phi) is 6.92. The molecule has 0 spiro atoms. The average molecular weight is 440 g/mol. The number of hydrogen-bond acceptors (Lipinski definition) is 2. The van der Waals surface area contributed by atoms with Crippen molar-refractivity contribution in [1.82, 2.24) is 5.32 Å². The molecule has 27 heavy (non-hydrogen) atoms. The number of halogens is 1. The van der Waals surface area contributed by atoms with Crippen LogP contribution in [0.25, 0.3) is 0 Å². The van der Waals surface area contributed by atoms with E-state index in [9.17, 15) is 9.59 Å². The molecule has 0 aliphatic carbocycles. The van der Waals surface area contributed by atoms with Crippen molar-refractivity contribution < 1.29 is 9.59 Å². The van der Waals surface area contributed by atoms with Gasteiger partial charge in [-0.1, -0.05) is 107 Å². The number of amides is 2. The smallest absolute Gasteiger partial charge is 0.240 e. The molecule has 136 valence electrons. The van der Waals surface area contributed by atoms with Crippen molar-refractivity contribution in [2.45, 2.75) is 11.2 Å². The van der Waals surface area contributed by atoms with Gasteiger partial charge in [-0.3, -0.25) is 14.9 Å². The fraction of sp³-hybridized carbons (Fsp3) is 0.0909. The molecule has 1 saturated heterocycles. The van der Waals surface area contributed by atoms with Crippen LogP contribution in [-0.2, 0) is 9.59 Å². The zero-order valence-electron chi connectivity index (χ0n) is 14.6. The SMILES string of the molecule is O=C1CC(Br)C(=O)N1.c1ccc(P(c2ccccc2)c2ccccc2)cc1. The number of alkyl halides is 1. The van der Waals surface area contributed by atoms with Crippen molar-refractivity contribution in [3.63, 3.8) is 0 Å². The summed E-state index contributed by atoms with van der Waals surface area (Å²) in [4.78, 5) is 20.4. The van der Waals surface area contributed by atoms with Gasteiger partial charge in [0, 0.05) is 6.42 Å². The number of carbonyl (C=O) groups is 2. The average Bonchev–Trinajstić information content (AvgIpc) is 3.00. The first-order valence-electron chi connectivity index (χ1n) is 8.58. The summed E-state index contributed by atoms with van der Waals surface area (Å²) in [7, 11) is -0.446. The van der Waals surface area contributed by atoms with Crippen LogP contribution in [0.5, 0.6) is 0 Å². The fourth-order valence-electron chi connectivity index (χ4n) is 2.70. The summed E-state index contributed by atoms with van der Waals surface area (Å²) >= 11 is 3.01. The zero-order valence-corrected chi connectivity index (χ0v) is 17.1. The third-order valence-electron chi connectivity index (χ3n) is 3.95. The molecule has 4 rings (SSSR count). The summed E-state index contributed by atoms with van der Waals surface area (Å²) in [6.07, 6.45) is 0.277. The van der Waals surface area contributed by atoms with E-state index in [1.165, 1.54) is 15.9 Å². The Morgan fingerprint density at radius 3 is 1.30 bits per heavy atom. The van der Waals surface area contributed by atoms with Gasteiger partial charge in [0.2, 0.25) is 11.8 Å². The normalized spacial score (nSPS) is 15.9. The summed E-state index contributed by atoms with van der Waals surface area (Å²) in [6, 6.07) is 32.3. The Hall–Kier alpha value is -2.29. The van der Waals surface area contributed by atoms with Crippen LogP contribution in [0.3, 0.4) is 0 Å². The molecule has 0 saturated carbocycles. The van der Waals surface area contributed by atoms with Gasteiger partial charge in [-0.25, -0.2) is 0 Å². The molecular formula is C22H19BrNO2P. The van der Waals surface area contributed by atoms with Crippen molar-refractivity contribution in [2.24, 2.45) is 0 Å². The monoisotopic (exact) mass is 439 g/mol. The second kappa shape index (κ2) is 9.59. The number of benzene rings is 3. The minimum atomic E-state index is -0.446. The highest BCUT2D eigenvalue weighted by Gasteiger charge is 2.27. The maximum Gasteiger partial charge on any atom is 0.240 e. The maximum absolute atomic E-state index is 10.4. The number of rotatable bonds is 3. The molecule has 3 aromatic rings. The van der Waals surface area contributed by atoms with Gasteiger partial charge in [0.05, 0.1) is 0 Å². The lowest BCUT2D eigenvalue weighted by molar-refractivity contribution is -0.124. The number of nitrogens with one attached hydrogen (secondary N) is 1. The van der Waals surface area contributed by atoms with Gasteiger partial charge < -0.3 is 0 Å². The molecule has 3 aromatic carbocycles. The molecule has 1 N–H and O–H groups in total. The summed E-state index contributed by atoms with van der Waals surface area (Å²) in [6.45, 7) is 0. The number of imide groups is 1. The predicted octanol–water partition coefficient (Wildman–Crippen LogP) is 3.24. The van der Waals surface area contributed by atoms with Gasteiger partial charge in [-0.05, 0) is 23.8 Å². The van der Waals surface area contributed by atoms with Gasteiger partial charge >= 0.3 is 0 Å². The fourth-order valence-corrected chi connectivity index (χ4v) is 5.41. The highest BCUT2D eigenvalue weighted by Crippen LogP contribution is 2.32.